The van der Waals surface area contributed by atoms with Crippen LogP contribution in [0.25, 0.3) is 11.8 Å². The Kier molecular flexibility index (Phi) is 9.31. The third kappa shape index (κ3) is 7.07. The number of alkyl halides is 2. The van der Waals surface area contributed by atoms with Gasteiger partial charge in [-0.1, -0.05) is 28.7 Å². The van der Waals surface area contributed by atoms with E-state index in [0.29, 0.717) is 28.7 Å². The second-order valence-electron chi connectivity index (χ2n) is 9.23. The summed E-state index contributed by atoms with van der Waals surface area (Å²) in [7, 11) is 1.46. The van der Waals surface area contributed by atoms with E-state index in [1.807, 2.05) is 12.1 Å². The molecule has 0 saturated carbocycles. The summed E-state index contributed by atoms with van der Waals surface area (Å²) in [6.45, 7) is 7.48. The van der Waals surface area contributed by atoms with Crippen LogP contribution in [0.15, 0.2) is 48.9 Å². The molecule has 0 radical (unpaired) electrons. The van der Waals surface area contributed by atoms with Gasteiger partial charge in [0.1, 0.15) is 5.69 Å². The zero-order chi connectivity index (χ0) is 27.1. The molecule has 11 heteroatoms. The predicted octanol–water partition coefficient (Wildman–Crippen LogP) is 5.05. The van der Waals surface area contributed by atoms with Crippen molar-refractivity contribution in [2.45, 2.75) is 44.8 Å². The fraction of sp³-hybridized carbons (Fsp3) is 0.407. The zero-order valence-corrected chi connectivity index (χ0v) is 22.8. The molecular weight excluding hydrogens is 509 g/mol. The van der Waals surface area contributed by atoms with Gasteiger partial charge in [-0.15, -0.1) is 0 Å². The van der Waals surface area contributed by atoms with Crippen molar-refractivity contribution in [3.8, 4) is 5.69 Å². The molecule has 3 aromatic heterocycles. The van der Waals surface area contributed by atoms with E-state index in [9.17, 15) is 13.6 Å². The average molecular weight is 543 g/mol. The van der Waals surface area contributed by atoms with E-state index >= 15 is 0 Å². The molecule has 3 aromatic rings. The van der Waals surface area contributed by atoms with Gasteiger partial charge in [0.2, 0.25) is 0 Å². The highest BCUT2D eigenvalue weighted by Crippen LogP contribution is 2.33. The molecule has 4 rings (SSSR count). The lowest BCUT2D eigenvalue weighted by Gasteiger charge is -2.34. The Balaban J connectivity index is 1.36. The average Bonchev–Trinajstić information content (AvgIpc) is 3.30. The van der Waals surface area contributed by atoms with Gasteiger partial charge in [-0.05, 0) is 50.1 Å². The highest BCUT2D eigenvalue weighted by molar-refractivity contribution is 7.17. The molecule has 0 aliphatic carbocycles. The standard InChI is InChI=1S/C27H33F2N6O2P/c1-3-5-22(34-12-14-37-15-13-34)7-4-6-20-8-9-21(16-30-20)33-26(36)24-18-32-35(19(24)2)23-10-11-25(31-17-23)27(28,29)38/h4,6,8-11,16-18,22H,3,5,7,12-15,38H2,1-2H3,(H,33,36)/b6-4+. The highest BCUT2D eigenvalue weighted by atomic mass is 31.0. The van der Waals surface area contributed by atoms with Crippen LogP contribution in [-0.4, -0.2) is 62.9 Å². The second kappa shape index (κ2) is 12.7. The summed E-state index contributed by atoms with van der Waals surface area (Å²) in [5, 5.41) is 7.08. The Morgan fingerprint density at radius 2 is 1.97 bits per heavy atom. The van der Waals surface area contributed by atoms with Crippen molar-refractivity contribution in [1.29, 1.82) is 0 Å². The summed E-state index contributed by atoms with van der Waals surface area (Å²) in [6.07, 6.45) is 11.8. The number of halogens is 2. The highest BCUT2D eigenvalue weighted by Gasteiger charge is 2.26. The minimum atomic E-state index is -3.11. The molecule has 1 fully saturated rings. The third-order valence-electron chi connectivity index (χ3n) is 6.51. The number of hydrogen-bond acceptors (Lipinski definition) is 6. The van der Waals surface area contributed by atoms with Gasteiger partial charge < -0.3 is 10.1 Å². The SMILES string of the molecule is CCCC(C/C=C/c1ccc(NC(=O)c2cnn(-c3ccc(C(F)(F)P)nc3)c2C)cn1)N1CCOCC1. The van der Waals surface area contributed by atoms with Crippen LogP contribution in [0.5, 0.6) is 0 Å². The van der Waals surface area contributed by atoms with E-state index in [1.165, 1.54) is 38.4 Å². The van der Waals surface area contributed by atoms with E-state index in [0.717, 1.165) is 51.3 Å². The number of carbonyl (C=O) groups excluding carboxylic acids is 1. The normalized spacial score (nSPS) is 15.6. The molecule has 2 atom stereocenters. The molecule has 4 heterocycles. The monoisotopic (exact) mass is 542 g/mol. The van der Waals surface area contributed by atoms with Crippen LogP contribution in [0.3, 0.4) is 0 Å². The van der Waals surface area contributed by atoms with Gasteiger partial charge in [0, 0.05) is 19.1 Å². The van der Waals surface area contributed by atoms with Crippen molar-refractivity contribution < 1.29 is 18.3 Å². The molecule has 8 nitrogen and oxygen atoms in total. The van der Waals surface area contributed by atoms with Crippen molar-refractivity contribution in [3.63, 3.8) is 0 Å². The van der Waals surface area contributed by atoms with Crippen LogP contribution >= 0.6 is 9.24 Å². The largest absolute Gasteiger partial charge is 0.379 e. The number of nitrogens with one attached hydrogen (secondary N) is 1. The van der Waals surface area contributed by atoms with Crippen LogP contribution in [0, 0.1) is 6.92 Å². The Morgan fingerprint density at radius 1 is 1.18 bits per heavy atom. The lowest BCUT2D eigenvalue weighted by Crippen LogP contribution is -2.43. The maximum atomic E-state index is 13.4. The van der Waals surface area contributed by atoms with E-state index in [4.69, 9.17) is 4.74 Å². The van der Waals surface area contributed by atoms with Gasteiger partial charge in [0.15, 0.2) is 0 Å². The molecule has 1 N–H and O–H groups in total. The summed E-state index contributed by atoms with van der Waals surface area (Å²) in [6, 6.07) is 6.90. The van der Waals surface area contributed by atoms with Crippen molar-refractivity contribution >= 4 is 26.9 Å². The third-order valence-corrected chi connectivity index (χ3v) is 6.81. The maximum absolute atomic E-state index is 13.4. The number of morpholine rings is 1. The number of pyridine rings is 2. The summed E-state index contributed by atoms with van der Waals surface area (Å²) in [5.74, 6) is -0.340. The summed E-state index contributed by atoms with van der Waals surface area (Å²) in [5.41, 5.74) is -0.697. The predicted molar refractivity (Wildman–Crippen MR) is 147 cm³/mol. The number of rotatable bonds is 10. The zero-order valence-electron chi connectivity index (χ0n) is 21.6. The Bertz CT molecular complexity index is 1240. The lowest BCUT2D eigenvalue weighted by atomic mass is 10.1. The van der Waals surface area contributed by atoms with Gasteiger partial charge in [0.05, 0.1) is 60.1 Å². The summed E-state index contributed by atoms with van der Waals surface area (Å²) in [4.78, 5) is 23.6. The first-order valence-corrected chi connectivity index (χ1v) is 13.3. The Hall–Kier alpha value is -3.07. The number of nitrogens with zero attached hydrogens (tertiary/aromatic N) is 5. The van der Waals surface area contributed by atoms with Crippen LogP contribution in [0.1, 0.15) is 53.6 Å². The lowest BCUT2D eigenvalue weighted by molar-refractivity contribution is 0.0152. The molecule has 1 aliphatic heterocycles. The second-order valence-corrected chi connectivity index (χ2v) is 9.96. The first-order valence-electron chi connectivity index (χ1n) is 12.7. The minimum absolute atomic E-state index is 0.340. The molecule has 1 amide bonds. The smallest absolute Gasteiger partial charge is 0.300 e. The summed E-state index contributed by atoms with van der Waals surface area (Å²) < 4.78 is 33.8. The molecule has 38 heavy (non-hydrogen) atoms. The quantitative estimate of drug-likeness (QED) is 0.361. The number of amides is 1. The van der Waals surface area contributed by atoms with E-state index in [1.54, 1.807) is 19.2 Å². The van der Waals surface area contributed by atoms with Gasteiger partial charge in [-0.25, -0.2) is 4.68 Å². The number of ether oxygens (including phenoxy) is 1. The molecule has 1 saturated heterocycles. The van der Waals surface area contributed by atoms with Crippen molar-refractivity contribution in [2.24, 2.45) is 0 Å². The van der Waals surface area contributed by atoms with E-state index < -0.39 is 5.66 Å². The maximum Gasteiger partial charge on any atom is 0.300 e. The Morgan fingerprint density at radius 3 is 2.61 bits per heavy atom. The molecule has 1 aliphatic rings. The number of hydrogen-bond donors (Lipinski definition) is 1. The van der Waals surface area contributed by atoms with Crippen LogP contribution in [0.4, 0.5) is 14.5 Å². The van der Waals surface area contributed by atoms with Gasteiger partial charge in [-0.2, -0.15) is 13.9 Å². The fourth-order valence-electron chi connectivity index (χ4n) is 4.45. The van der Waals surface area contributed by atoms with Crippen molar-refractivity contribution in [1.82, 2.24) is 24.6 Å². The fourth-order valence-corrected chi connectivity index (χ4v) is 4.62. The van der Waals surface area contributed by atoms with Gasteiger partial charge >= 0.3 is 0 Å². The number of carbonyl (C=O) groups is 1. The van der Waals surface area contributed by atoms with Crippen LogP contribution in [0.2, 0.25) is 0 Å². The molecule has 0 bridgehead atoms. The number of aromatic nitrogens is 4. The number of anilines is 1. The van der Waals surface area contributed by atoms with E-state index in [-0.39, 0.29) is 11.6 Å². The minimum Gasteiger partial charge on any atom is -0.379 e. The van der Waals surface area contributed by atoms with Crippen LogP contribution in [-0.2, 0) is 10.4 Å². The summed E-state index contributed by atoms with van der Waals surface area (Å²) >= 11 is 0. The van der Waals surface area contributed by atoms with Crippen molar-refractivity contribution in [3.05, 3.63) is 71.6 Å². The van der Waals surface area contributed by atoms with Crippen LogP contribution < -0.4 is 5.32 Å². The van der Waals surface area contributed by atoms with Gasteiger partial charge in [-0.3, -0.25) is 19.7 Å². The topological polar surface area (TPSA) is 85.2 Å². The first kappa shape index (κ1) is 28.0. The van der Waals surface area contributed by atoms with Crippen molar-refractivity contribution in [2.75, 3.05) is 31.6 Å². The first-order chi connectivity index (χ1) is 18.3. The Labute approximate surface area is 223 Å². The van der Waals surface area contributed by atoms with E-state index in [2.05, 4.69) is 38.3 Å². The molecule has 2 unspecified atom stereocenters. The van der Waals surface area contributed by atoms with Gasteiger partial charge in [0.25, 0.3) is 11.6 Å². The molecule has 0 spiro atoms. The molecular formula is C27H33F2N6O2P. The molecule has 0 aromatic carbocycles. The molecule has 202 valence electrons.